The average Bonchev–Trinajstić information content (AvgIpc) is 2.94. The van der Waals surface area contributed by atoms with Gasteiger partial charge < -0.3 is 29.4 Å². The molecule has 0 amide bonds. The second-order valence-corrected chi connectivity index (χ2v) is 11.6. The molecule has 0 saturated heterocycles. The third-order valence-electron chi connectivity index (χ3n) is 5.68. The largest absolute Gasteiger partial charge is 0.497 e. The summed E-state index contributed by atoms with van der Waals surface area (Å²) in [7, 11) is -1.15. The summed E-state index contributed by atoms with van der Waals surface area (Å²) in [5, 5.41) is -0.288. The fraction of sp³-hybridized carbons (Fsp3) is 0.286. The van der Waals surface area contributed by atoms with E-state index < -0.39 is 27.5 Å². The molecular formula is C28H30Cl2N2O9S. The molecule has 0 heterocycles. The first kappa shape index (κ1) is 33.0. The van der Waals surface area contributed by atoms with Crippen LogP contribution in [0.2, 0.25) is 10.0 Å². The molecule has 0 radical (unpaired) electrons. The Bertz CT molecular complexity index is 1540. The highest BCUT2D eigenvalue weighted by Crippen LogP contribution is 2.41. The Kier molecular flexibility index (Phi) is 10.7. The van der Waals surface area contributed by atoms with Crippen LogP contribution in [0, 0.1) is 0 Å². The second-order valence-electron chi connectivity index (χ2n) is 9.05. The topological polar surface area (TPSA) is 152 Å². The van der Waals surface area contributed by atoms with E-state index in [1.807, 2.05) is 0 Å². The molecule has 0 aliphatic heterocycles. The number of carbonyl (C=O) groups excluding carboxylic acids is 2. The third kappa shape index (κ3) is 7.26. The molecule has 3 aromatic carbocycles. The first-order valence-corrected chi connectivity index (χ1v) is 14.7. The molecule has 0 aromatic heterocycles. The number of hydrogen-bond donors (Lipinski definition) is 2. The Labute approximate surface area is 253 Å². The first-order valence-electron chi connectivity index (χ1n) is 12.5. The first-order chi connectivity index (χ1) is 19.8. The van der Waals surface area contributed by atoms with Crippen molar-refractivity contribution in [2.75, 3.05) is 20.8 Å². The highest BCUT2D eigenvalue weighted by Gasteiger charge is 2.48. The van der Waals surface area contributed by atoms with Gasteiger partial charge in [0, 0.05) is 12.1 Å². The van der Waals surface area contributed by atoms with Gasteiger partial charge in [-0.2, -0.15) is 0 Å². The molecule has 0 aliphatic carbocycles. The number of nitrogens with two attached hydrogens (primary N) is 1. The molecule has 14 heteroatoms. The van der Waals surface area contributed by atoms with Crippen LogP contribution in [0.5, 0.6) is 28.7 Å². The molecule has 3 N–H and O–H groups in total. The number of halogens is 2. The van der Waals surface area contributed by atoms with Crippen LogP contribution in [0.1, 0.15) is 26.3 Å². The monoisotopic (exact) mass is 640 g/mol. The summed E-state index contributed by atoms with van der Waals surface area (Å²) in [4.78, 5) is 26.1. The van der Waals surface area contributed by atoms with Crippen LogP contribution >= 0.6 is 23.2 Å². The quantitative estimate of drug-likeness (QED) is 0.160. The Morgan fingerprint density at radius 3 is 2.00 bits per heavy atom. The maximum absolute atomic E-state index is 13.3. The number of carbonyl (C=O) groups is 2. The maximum atomic E-state index is 13.3. The molecular weight excluding hydrogens is 611 g/mol. The van der Waals surface area contributed by atoms with Gasteiger partial charge >= 0.3 is 11.9 Å². The Hall–Kier alpha value is -3.55. The molecule has 0 aliphatic rings. The summed E-state index contributed by atoms with van der Waals surface area (Å²) in [6.45, 7) is 4.81. The lowest BCUT2D eigenvalue weighted by atomic mass is 9.90. The van der Waals surface area contributed by atoms with Crippen molar-refractivity contribution in [3.8, 4) is 28.7 Å². The van der Waals surface area contributed by atoms with Crippen molar-refractivity contribution < 1.29 is 41.7 Å². The van der Waals surface area contributed by atoms with Crippen molar-refractivity contribution in [1.82, 2.24) is 4.72 Å². The van der Waals surface area contributed by atoms with E-state index in [4.69, 9.17) is 52.6 Å². The molecule has 0 spiro atoms. The van der Waals surface area contributed by atoms with Crippen molar-refractivity contribution in [2.45, 2.75) is 37.2 Å². The average molecular weight is 642 g/mol. The number of esters is 2. The van der Waals surface area contributed by atoms with Gasteiger partial charge in [-0.05, 0) is 74.9 Å². The minimum atomic E-state index is -3.97. The fourth-order valence-corrected chi connectivity index (χ4v) is 5.70. The van der Waals surface area contributed by atoms with Crippen LogP contribution in [0.15, 0.2) is 59.5 Å². The lowest BCUT2D eigenvalue weighted by Gasteiger charge is -2.26. The summed E-state index contributed by atoms with van der Waals surface area (Å²) in [5.74, 6) is -1.61. The number of hydrogen-bond acceptors (Lipinski definition) is 10. The van der Waals surface area contributed by atoms with E-state index in [0.29, 0.717) is 5.75 Å². The zero-order valence-electron chi connectivity index (χ0n) is 23.4. The second kappa shape index (κ2) is 13.6. The highest BCUT2D eigenvalue weighted by molar-refractivity contribution is 7.89. The number of benzene rings is 3. The van der Waals surface area contributed by atoms with E-state index in [1.165, 1.54) is 56.7 Å². The van der Waals surface area contributed by atoms with Crippen LogP contribution in [0.4, 0.5) is 0 Å². The number of rotatable bonds is 12. The fourth-order valence-electron chi connectivity index (χ4n) is 3.70. The summed E-state index contributed by atoms with van der Waals surface area (Å²) in [6.07, 6.45) is 0. The van der Waals surface area contributed by atoms with E-state index in [0.717, 1.165) is 0 Å². The Morgan fingerprint density at radius 2 is 1.48 bits per heavy atom. The smallest absolute Gasteiger partial charge is 0.348 e. The van der Waals surface area contributed by atoms with E-state index in [9.17, 15) is 18.0 Å². The standard InChI is InChI=1S/C28H30Cl2N2O9S/c1-6-39-26(33)28(31,27(34)41-19-9-7-18(37-4)8-10-19)17-13-21(29)25(22(30)14-17)40-20-11-12-23(38-5)24(15-20)42(35,36)32-16(2)3/h7-16,32H,6,31H2,1-5H3. The molecule has 3 aromatic rings. The highest BCUT2D eigenvalue weighted by atomic mass is 35.5. The number of sulfonamides is 1. The number of methoxy groups -OCH3 is 2. The van der Waals surface area contributed by atoms with E-state index >= 15 is 0 Å². The Balaban J connectivity index is 2.01. The lowest BCUT2D eigenvalue weighted by molar-refractivity contribution is -0.160. The van der Waals surface area contributed by atoms with Crippen molar-refractivity contribution >= 4 is 45.2 Å². The summed E-state index contributed by atoms with van der Waals surface area (Å²) in [5.41, 5.74) is 3.75. The number of nitrogens with one attached hydrogen (secondary N) is 1. The summed E-state index contributed by atoms with van der Waals surface area (Å²) >= 11 is 13.0. The van der Waals surface area contributed by atoms with E-state index in [2.05, 4.69) is 4.72 Å². The predicted molar refractivity (Wildman–Crippen MR) is 156 cm³/mol. The summed E-state index contributed by atoms with van der Waals surface area (Å²) in [6, 6.07) is 12.1. The molecule has 0 bridgehead atoms. The van der Waals surface area contributed by atoms with Gasteiger partial charge in [0.1, 0.15) is 27.9 Å². The van der Waals surface area contributed by atoms with Gasteiger partial charge in [-0.15, -0.1) is 0 Å². The van der Waals surface area contributed by atoms with E-state index in [-0.39, 0.29) is 56.2 Å². The molecule has 1 atom stereocenters. The molecule has 1 unspecified atom stereocenters. The molecule has 42 heavy (non-hydrogen) atoms. The molecule has 3 rings (SSSR count). The normalized spacial score (nSPS) is 12.8. The zero-order chi connectivity index (χ0) is 31.2. The predicted octanol–water partition coefficient (Wildman–Crippen LogP) is 4.81. The van der Waals surface area contributed by atoms with Crippen LogP contribution in [0.25, 0.3) is 0 Å². The minimum absolute atomic E-state index is 0.0554. The summed E-state index contributed by atoms with van der Waals surface area (Å²) < 4.78 is 54.8. The minimum Gasteiger partial charge on any atom is -0.497 e. The van der Waals surface area contributed by atoms with Crippen LogP contribution in [-0.4, -0.2) is 47.2 Å². The number of ether oxygens (including phenoxy) is 5. The Morgan fingerprint density at radius 1 is 0.905 bits per heavy atom. The van der Waals surface area contributed by atoms with Crippen LogP contribution in [0.3, 0.4) is 0 Å². The molecule has 0 saturated carbocycles. The van der Waals surface area contributed by atoms with Gasteiger partial charge in [0.05, 0.1) is 30.9 Å². The van der Waals surface area contributed by atoms with Crippen molar-refractivity contribution in [3.05, 3.63) is 70.2 Å². The van der Waals surface area contributed by atoms with E-state index in [1.54, 1.807) is 32.9 Å². The van der Waals surface area contributed by atoms with Crippen LogP contribution in [-0.2, 0) is 29.9 Å². The zero-order valence-corrected chi connectivity index (χ0v) is 25.7. The van der Waals surface area contributed by atoms with Gasteiger partial charge in [0.15, 0.2) is 5.75 Å². The van der Waals surface area contributed by atoms with Gasteiger partial charge in [0.2, 0.25) is 15.6 Å². The molecule has 226 valence electrons. The van der Waals surface area contributed by atoms with Crippen molar-refractivity contribution in [3.63, 3.8) is 0 Å². The van der Waals surface area contributed by atoms with Crippen molar-refractivity contribution in [1.29, 1.82) is 0 Å². The van der Waals surface area contributed by atoms with Gasteiger partial charge in [-0.3, -0.25) is 0 Å². The maximum Gasteiger partial charge on any atom is 0.348 e. The third-order valence-corrected chi connectivity index (χ3v) is 7.92. The van der Waals surface area contributed by atoms with Gasteiger partial charge in [-0.25, -0.2) is 22.7 Å². The SMILES string of the molecule is CCOC(=O)C(N)(C(=O)Oc1ccc(OC)cc1)c1cc(Cl)c(Oc2ccc(OC)c(S(=O)(=O)NC(C)C)c2)c(Cl)c1. The van der Waals surface area contributed by atoms with Gasteiger partial charge in [-0.1, -0.05) is 23.2 Å². The van der Waals surface area contributed by atoms with Crippen molar-refractivity contribution in [2.24, 2.45) is 5.73 Å². The van der Waals surface area contributed by atoms with Gasteiger partial charge in [0.25, 0.3) is 0 Å². The molecule has 11 nitrogen and oxygen atoms in total. The lowest BCUT2D eigenvalue weighted by Crippen LogP contribution is -2.54. The van der Waals surface area contributed by atoms with Crippen LogP contribution < -0.4 is 29.4 Å². The molecule has 0 fully saturated rings.